The predicted octanol–water partition coefficient (Wildman–Crippen LogP) is 1.30. The van der Waals surface area contributed by atoms with Gasteiger partial charge in [-0.3, -0.25) is 4.79 Å². The normalized spacial score (nSPS) is 23.0. The molecule has 11 heteroatoms. The number of amides is 1. The first-order valence-corrected chi connectivity index (χ1v) is 13.3. The van der Waals surface area contributed by atoms with E-state index in [4.69, 9.17) is 20.4 Å². The van der Waals surface area contributed by atoms with Gasteiger partial charge in [0.15, 0.2) is 11.5 Å². The fourth-order valence-electron chi connectivity index (χ4n) is 6.10. The maximum Gasteiger partial charge on any atom is 0.258 e. The molecule has 2 fully saturated rings. The monoisotopic (exact) mass is 521 g/mol. The molecule has 3 aromatic rings. The fourth-order valence-corrected chi connectivity index (χ4v) is 6.10. The third kappa shape index (κ3) is 3.96. The predicted molar refractivity (Wildman–Crippen MR) is 142 cm³/mol. The number of carbonyl (C=O) groups is 1. The second-order valence-corrected chi connectivity index (χ2v) is 11.4. The minimum absolute atomic E-state index is 0.00815. The van der Waals surface area contributed by atoms with Crippen LogP contribution < -0.4 is 15.5 Å². The molecule has 4 N–H and O–H groups in total. The molecule has 0 bridgehead atoms. The summed E-state index contributed by atoms with van der Waals surface area (Å²) in [6.07, 6.45) is 4.26. The SMILES string of the molecule is C[C@@H]1OCC2(CCN(c3nc4cnn(-c5ccc6c(c5)N(C(=O)C(C)(C)O)CC6)c4nc3CO)CC2)[C@@H]1N. The van der Waals surface area contributed by atoms with Crippen LogP contribution in [-0.4, -0.2) is 79.9 Å². The Hall–Kier alpha value is -3.12. The molecule has 3 aliphatic rings. The van der Waals surface area contributed by atoms with Crippen LogP contribution >= 0.6 is 0 Å². The van der Waals surface area contributed by atoms with Crippen LogP contribution in [0.25, 0.3) is 16.9 Å². The highest BCUT2D eigenvalue weighted by atomic mass is 16.5. The van der Waals surface area contributed by atoms with E-state index in [0.717, 1.165) is 49.3 Å². The molecule has 1 amide bonds. The van der Waals surface area contributed by atoms with E-state index in [-0.39, 0.29) is 30.1 Å². The van der Waals surface area contributed by atoms with Crippen LogP contribution in [0.1, 0.15) is 44.9 Å². The molecule has 1 aromatic carbocycles. The zero-order valence-electron chi connectivity index (χ0n) is 22.1. The lowest BCUT2D eigenvalue weighted by molar-refractivity contribution is -0.133. The number of rotatable bonds is 4. The number of hydrogen-bond acceptors (Lipinski definition) is 9. The van der Waals surface area contributed by atoms with E-state index in [1.807, 2.05) is 25.1 Å². The minimum atomic E-state index is -1.46. The Kier molecular flexibility index (Phi) is 5.95. The number of piperidine rings is 1. The summed E-state index contributed by atoms with van der Waals surface area (Å²) in [6, 6.07) is 5.84. The molecule has 2 atom stereocenters. The molecule has 5 heterocycles. The van der Waals surface area contributed by atoms with Crippen molar-refractivity contribution in [1.29, 1.82) is 0 Å². The lowest BCUT2D eigenvalue weighted by atomic mass is 9.73. The van der Waals surface area contributed by atoms with E-state index >= 15 is 0 Å². The van der Waals surface area contributed by atoms with E-state index in [2.05, 4.69) is 10.00 Å². The van der Waals surface area contributed by atoms with Crippen molar-refractivity contribution in [3.63, 3.8) is 0 Å². The molecule has 0 unspecified atom stereocenters. The van der Waals surface area contributed by atoms with E-state index in [0.29, 0.717) is 35.8 Å². The van der Waals surface area contributed by atoms with Gasteiger partial charge in [-0.15, -0.1) is 0 Å². The van der Waals surface area contributed by atoms with Crippen LogP contribution in [0.4, 0.5) is 11.5 Å². The third-order valence-electron chi connectivity index (χ3n) is 8.48. The third-order valence-corrected chi connectivity index (χ3v) is 8.48. The Labute approximate surface area is 221 Å². The molecule has 6 rings (SSSR count). The molecule has 3 aliphatic heterocycles. The Bertz CT molecular complexity index is 1390. The van der Waals surface area contributed by atoms with E-state index in [9.17, 15) is 15.0 Å². The molecular formula is C27H35N7O4. The molecule has 11 nitrogen and oxygen atoms in total. The highest BCUT2D eigenvalue weighted by Gasteiger charge is 2.47. The maximum absolute atomic E-state index is 12.8. The quantitative estimate of drug-likeness (QED) is 0.463. The average Bonchev–Trinajstić information content (AvgIpc) is 3.59. The van der Waals surface area contributed by atoms with Crippen molar-refractivity contribution in [3.8, 4) is 5.69 Å². The number of carbonyl (C=O) groups excluding carboxylic acids is 1. The summed E-state index contributed by atoms with van der Waals surface area (Å²) >= 11 is 0. The number of nitrogens with two attached hydrogens (primary N) is 1. The second-order valence-electron chi connectivity index (χ2n) is 11.4. The van der Waals surface area contributed by atoms with Gasteiger partial charge >= 0.3 is 0 Å². The number of nitrogens with zero attached hydrogens (tertiary/aromatic N) is 6. The zero-order chi connectivity index (χ0) is 26.8. The van der Waals surface area contributed by atoms with Gasteiger partial charge in [-0.1, -0.05) is 6.07 Å². The lowest BCUT2D eigenvalue weighted by Crippen LogP contribution is -2.51. The number of ether oxygens (including phenoxy) is 1. The number of anilines is 2. The Morgan fingerprint density at radius 1 is 1.24 bits per heavy atom. The van der Waals surface area contributed by atoms with Gasteiger partial charge in [0, 0.05) is 36.8 Å². The Morgan fingerprint density at radius 2 is 2.00 bits per heavy atom. The first-order chi connectivity index (χ1) is 18.1. The summed E-state index contributed by atoms with van der Waals surface area (Å²) in [7, 11) is 0. The van der Waals surface area contributed by atoms with Crippen molar-refractivity contribution in [3.05, 3.63) is 35.7 Å². The number of hydrogen-bond donors (Lipinski definition) is 3. The van der Waals surface area contributed by atoms with Gasteiger partial charge in [0.05, 0.1) is 31.2 Å². The van der Waals surface area contributed by atoms with Crippen LogP contribution in [0.2, 0.25) is 0 Å². The molecule has 2 aromatic heterocycles. The average molecular weight is 522 g/mol. The van der Waals surface area contributed by atoms with Gasteiger partial charge in [-0.05, 0) is 57.7 Å². The number of aromatic nitrogens is 4. The van der Waals surface area contributed by atoms with Gasteiger partial charge in [0.1, 0.15) is 16.8 Å². The van der Waals surface area contributed by atoms with Crippen LogP contribution in [-0.2, 0) is 22.6 Å². The summed E-state index contributed by atoms with van der Waals surface area (Å²) in [5.41, 5.74) is 9.19. The largest absolute Gasteiger partial charge is 0.390 e. The number of aliphatic hydroxyl groups excluding tert-OH is 1. The lowest BCUT2D eigenvalue weighted by Gasteiger charge is -2.41. The highest BCUT2D eigenvalue weighted by Crippen LogP contribution is 2.42. The molecule has 38 heavy (non-hydrogen) atoms. The Balaban J connectivity index is 1.30. The number of fused-ring (bicyclic) bond motifs is 2. The highest BCUT2D eigenvalue weighted by molar-refractivity contribution is 6.00. The van der Waals surface area contributed by atoms with E-state index in [1.54, 1.807) is 15.8 Å². The summed E-state index contributed by atoms with van der Waals surface area (Å²) in [5, 5.41) is 25.0. The van der Waals surface area contributed by atoms with Crippen molar-refractivity contribution in [2.24, 2.45) is 11.1 Å². The fraction of sp³-hybridized carbons (Fsp3) is 0.556. The standard InChI is InChI=1S/C27H35N7O4/c1-16-22(28)27(15-38-16)7-10-32(11-8-27)23-20(14-35)31-24-19(30-23)13-29-34(24)18-5-4-17-6-9-33(21(17)12-18)25(36)26(2,3)37/h4-5,12-13,16,22,35,37H,6-11,14-15,28H2,1-3H3/t16-,22+/m0/s1. The van der Waals surface area contributed by atoms with Crippen molar-refractivity contribution < 1.29 is 19.7 Å². The molecule has 2 saturated heterocycles. The Morgan fingerprint density at radius 3 is 2.66 bits per heavy atom. The van der Waals surface area contributed by atoms with Crippen LogP contribution in [0, 0.1) is 5.41 Å². The second kappa shape index (κ2) is 8.98. The zero-order valence-corrected chi connectivity index (χ0v) is 22.1. The first-order valence-electron chi connectivity index (χ1n) is 13.3. The summed E-state index contributed by atoms with van der Waals surface area (Å²) < 4.78 is 7.53. The van der Waals surface area contributed by atoms with Gasteiger partial charge in [-0.25, -0.2) is 14.6 Å². The number of aliphatic hydroxyl groups is 2. The van der Waals surface area contributed by atoms with E-state index in [1.165, 1.54) is 13.8 Å². The molecule has 0 radical (unpaired) electrons. The van der Waals surface area contributed by atoms with Crippen molar-refractivity contribution in [2.75, 3.05) is 36.0 Å². The van der Waals surface area contributed by atoms with Crippen LogP contribution in [0.5, 0.6) is 0 Å². The van der Waals surface area contributed by atoms with Crippen molar-refractivity contribution >= 4 is 28.6 Å². The molecule has 0 saturated carbocycles. The van der Waals surface area contributed by atoms with Crippen LogP contribution in [0.15, 0.2) is 24.4 Å². The van der Waals surface area contributed by atoms with Gasteiger partial charge in [0.25, 0.3) is 5.91 Å². The van der Waals surface area contributed by atoms with Gasteiger partial charge in [0.2, 0.25) is 0 Å². The minimum Gasteiger partial charge on any atom is -0.390 e. The van der Waals surface area contributed by atoms with Gasteiger partial charge < -0.3 is 30.5 Å². The first kappa shape index (κ1) is 25.2. The van der Waals surface area contributed by atoms with Gasteiger partial charge in [-0.2, -0.15) is 5.10 Å². The molecular weight excluding hydrogens is 486 g/mol. The summed E-state index contributed by atoms with van der Waals surface area (Å²) in [6.45, 7) is 7.53. The molecule has 202 valence electrons. The maximum atomic E-state index is 12.8. The van der Waals surface area contributed by atoms with Crippen LogP contribution in [0.3, 0.4) is 0 Å². The van der Waals surface area contributed by atoms with Crippen molar-refractivity contribution in [1.82, 2.24) is 19.7 Å². The topological polar surface area (TPSA) is 143 Å². The molecule has 1 spiro atoms. The van der Waals surface area contributed by atoms with Crippen molar-refractivity contribution in [2.45, 2.75) is 64.4 Å². The summed E-state index contributed by atoms with van der Waals surface area (Å²) in [4.78, 5) is 26.3. The number of benzene rings is 1. The molecule has 0 aliphatic carbocycles. The summed E-state index contributed by atoms with van der Waals surface area (Å²) in [5.74, 6) is 0.333. The smallest absolute Gasteiger partial charge is 0.258 e. The van der Waals surface area contributed by atoms with E-state index < -0.39 is 5.60 Å².